The van der Waals surface area contributed by atoms with Crippen molar-refractivity contribution in [3.63, 3.8) is 0 Å². The van der Waals surface area contributed by atoms with Gasteiger partial charge in [-0.25, -0.2) is 5.48 Å². The van der Waals surface area contributed by atoms with Gasteiger partial charge in [-0.15, -0.1) is 6.42 Å². The molecule has 1 aromatic rings. The molecule has 2 rings (SSSR count). The minimum atomic E-state index is -4.63. The van der Waals surface area contributed by atoms with Crippen molar-refractivity contribution in [3.8, 4) is 23.8 Å². The Morgan fingerprint density at radius 2 is 2.04 bits per heavy atom. The molecule has 0 bridgehead atoms. The molecule has 0 unspecified atom stereocenters. The topological polar surface area (TPSA) is 88.1 Å². The van der Waals surface area contributed by atoms with E-state index in [9.17, 15) is 22.8 Å². The molecule has 28 heavy (non-hydrogen) atoms. The van der Waals surface area contributed by atoms with Crippen molar-refractivity contribution in [3.05, 3.63) is 29.3 Å². The average molecular weight is 416 g/mol. The Morgan fingerprint density at radius 3 is 2.54 bits per heavy atom. The minimum Gasteiger partial charge on any atom is -0.493 e. The van der Waals surface area contributed by atoms with Crippen molar-refractivity contribution >= 4 is 23.6 Å². The molecule has 150 valence electrons. The van der Waals surface area contributed by atoms with E-state index in [0.717, 1.165) is 11.0 Å². The lowest BCUT2D eigenvalue weighted by atomic mass is 10.1. The SMILES string of the molecule is C#CC1=C[C@H](C(=O)NO)N(C(=O)c2cc(OC)c(OC)c(SC(F)(F)F)c2)C1. The number of nitrogens with one attached hydrogen (secondary N) is 1. The molecule has 0 radical (unpaired) electrons. The van der Waals surface area contributed by atoms with Crippen LogP contribution in [0.15, 0.2) is 28.7 Å². The average Bonchev–Trinajstić information content (AvgIpc) is 3.09. The van der Waals surface area contributed by atoms with Crippen LogP contribution in [-0.2, 0) is 4.79 Å². The first kappa shape index (κ1) is 21.5. The number of alkyl halides is 3. The largest absolute Gasteiger partial charge is 0.493 e. The monoisotopic (exact) mass is 416 g/mol. The number of hydrogen-bond donors (Lipinski definition) is 2. The minimum absolute atomic E-state index is 0.0902. The summed E-state index contributed by atoms with van der Waals surface area (Å²) in [4.78, 5) is 25.4. The highest BCUT2D eigenvalue weighted by molar-refractivity contribution is 8.00. The molecule has 1 atom stereocenters. The smallest absolute Gasteiger partial charge is 0.446 e. The van der Waals surface area contributed by atoms with Gasteiger partial charge < -0.3 is 14.4 Å². The van der Waals surface area contributed by atoms with E-state index in [1.807, 2.05) is 0 Å². The summed E-state index contributed by atoms with van der Waals surface area (Å²) in [5.74, 6) is 0.334. The van der Waals surface area contributed by atoms with Crippen LogP contribution in [0.1, 0.15) is 10.4 Å². The lowest BCUT2D eigenvalue weighted by Gasteiger charge is -2.24. The van der Waals surface area contributed by atoms with Gasteiger partial charge in [0.15, 0.2) is 11.5 Å². The highest BCUT2D eigenvalue weighted by Gasteiger charge is 2.36. The maximum absolute atomic E-state index is 12.9. The van der Waals surface area contributed by atoms with Crippen molar-refractivity contribution in [1.29, 1.82) is 0 Å². The standard InChI is InChI=1S/C17H15F3N2O5S/c1-4-9-5-11(15(23)21-25)22(8-9)16(24)10-6-12(26-2)14(27-3)13(7-10)28-17(18,19)20/h1,5-7,11,25H,8H2,2-3H3,(H,21,23)/t11-/m1/s1. The van der Waals surface area contributed by atoms with Gasteiger partial charge in [-0.3, -0.25) is 14.8 Å². The molecule has 7 nitrogen and oxygen atoms in total. The molecule has 1 heterocycles. The third kappa shape index (κ3) is 4.52. The van der Waals surface area contributed by atoms with Crippen LogP contribution in [0.3, 0.4) is 0 Å². The number of methoxy groups -OCH3 is 2. The van der Waals surface area contributed by atoms with E-state index in [0.29, 0.717) is 5.57 Å². The van der Waals surface area contributed by atoms with Crippen LogP contribution in [0.25, 0.3) is 0 Å². The first-order valence-electron chi connectivity index (χ1n) is 7.59. The van der Waals surface area contributed by atoms with Crippen LogP contribution in [0.4, 0.5) is 13.2 Å². The number of hydroxylamine groups is 1. The molecule has 0 fully saturated rings. The zero-order valence-corrected chi connectivity index (χ0v) is 15.5. The van der Waals surface area contributed by atoms with E-state index in [1.54, 1.807) is 0 Å². The summed E-state index contributed by atoms with van der Waals surface area (Å²) in [5, 5.41) is 8.86. The summed E-state index contributed by atoms with van der Waals surface area (Å²) in [6, 6.07) is 0.975. The van der Waals surface area contributed by atoms with Crippen molar-refractivity contribution in [2.75, 3.05) is 20.8 Å². The molecule has 1 aliphatic rings. The van der Waals surface area contributed by atoms with Crippen LogP contribution in [0.5, 0.6) is 11.5 Å². The molecular weight excluding hydrogens is 401 g/mol. The summed E-state index contributed by atoms with van der Waals surface area (Å²) < 4.78 is 48.7. The summed E-state index contributed by atoms with van der Waals surface area (Å²) in [5.41, 5.74) is -3.07. The van der Waals surface area contributed by atoms with Crippen LogP contribution in [0.2, 0.25) is 0 Å². The molecule has 11 heteroatoms. The Kier molecular flexibility index (Phi) is 6.48. The van der Waals surface area contributed by atoms with Gasteiger partial charge in [0.25, 0.3) is 11.8 Å². The van der Waals surface area contributed by atoms with Gasteiger partial charge in [0.1, 0.15) is 6.04 Å². The van der Waals surface area contributed by atoms with Crippen molar-refractivity contribution in [2.24, 2.45) is 0 Å². The van der Waals surface area contributed by atoms with Gasteiger partial charge in [0, 0.05) is 11.1 Å². The van der Waals surface area contributed by atoms with Crippen LogP contribution < -0.4 is 15.0 Å². The third-order valence-corrected chi connectivity index (χ3v) is 4.53. The van der Waals surface area contributed by atoms with Gasteiger partial charge in [-0.2, -0.15) is 13.2 Å². The molecule has 2 N–H and O–H groups in total. The van der Waals surface area contributed by atoms with Gasteiger partial charge >= 0.3 is 5.51 Å². The maximum Gasteiger partial charge on any atom is 0.446 e. The highest BCUT2D eigenvalue weighted by atomic mass is 32.2. The number of thioether (sulfide) groups is 1. The van der Waals surface area contributed by atoms with Crippen LogP contribution in [0, 0.1) is 12.3 Å². The van der Waals surface area contributed by atoms with Gasteiger partial charge in [-0.05, 0) is 30.0 Å². The summed E-state index contributed by atoms with van der Waals surface area (Å²) >= 11 is -0.468. The molecule has 0 saturated carbocycles. The lowest BCUT2D eigenvalue weighted by molar-refractivity contribution is -0.132. The second kappa shape index (κ2) is 8.45. The number of halogens is 3. The highest BCUT2D eigenvalue weighted by Crippen LogP contribution is 2.46. The molecule has 0 aliphatic carbocycles. The van der Waals surface area contributed by atoms with E-state index in [-0.39, 0.29) is 28.5 Å². The maximum atomic E-state index is 12.9. The fourth-order valence-electron chi connectivity index (χ4n) is 2.61. The van der Waals surface area contributed by atoms with Crippen molar-refractivity contribution in [2.45, 2.75) is 16.4 Å². The molecule has 0 spiro atoms. The Balaban J connectivity index is 2.49. The zero-order valence-electron chi connectivity index (χ0n) is 14.7. The fourth-order valence-corrected chi connectivity index (χ4v) is 3.32. The number of terminal acetylenes is 1. The van der Waals surface area contributed by atoms with E-state index < -0.39 is 35.1 Å². The Morgan fingerprint density at radius 1 is 1.36 bits per heavy atom. The van der Waals surface area contributed by atoms with Crippen LogP contribution >= 0.6 is 11.8 Å². The zero-order chi connectivity index (χ0) is 21.1. The summed E-state index contributed by atoms with van der Waals surface area (Å²) in [6.07, 6.45) is 6.60. The van der Waals surface area contributed by atoms with Crippen LogP contribution in [-0.4, -0.2) is 54.2 Å². The number of nitrogens with zero attached hydrogens (tertiary/aromatic N) is 1. The Hall–Kier alpha value is -2.84. The number of rotatable bonds is 5. The Labute approximate surface area is 162 Å². The quantitative estimate of drug-likeness (QED) is 0.331. The number of hydrogen-bond acceptors (Lipinski definition) is 6. The lowest BCUT2D eigenvalue weighted by Crippen LogP contribution is -2.45. The molecule has 2 amide bonds. The van der Waals surface area contributed by atoms with E-state index in [2.05, 4.69) is 5.92 Å². The number of benzene rings is 1. The number of carbonyl (C=O) groups excluding carboxylic acids is 2. The molecule has 0 saturated heterocycles. The predicted molar refractivity (Wildman–Crippen MR) is 93.1 cm³/mol. The second-order valence-electron chi connectivity index (χ2n) is 5.45. The molecule has 0 aromatic heterocycles. The summed E-state index contributed by atoms with van der Waals surface area (Å²) in [6.45, 7) is -0.122. The predicted octanol–water partition coefficient (Wildman–Crippen LogP) is 2.21. The first-order chi connectivity index (χ1) is 13.1. The second-order valence-corrected chi connectivity index (χ2v) is 6.55. The summed E-state index contributed by atoms with van der Waals surface area (Å²) in [7, 11) is 2.38. The third-order valence-electron chi connectivity index (χ3n) is 3.78. The van der Waals surface area contributed by atoms with Gasteiger partial charge in [0.05, 0.1) is 25.7 Å². The fraction of sp³-hybridized carbons (Fsp3) is 0.294. The van der Waals surface area contributed by atoms with Gasteiger partial charge in [-0.1, -0.05) is 5.92 Å². The normalized spacial score (nSPS) is 16.2. The van der Waals surface area contributed by atoms with E-state index in [1.165, 1.54) is 31.8 Å². The molecule has 1 aromatic carbocycles. The molecule has 1 aliphatic heterocycles. The number of ether oxygens (including phenoxy) is 2. The van der Waals surface area contributed by atoms with E-state index in [4.69, 9.17) is 21.1 Å². The van der Waals surface area contributed by atoms with Crippen molar-refractivity contribution < 1.29 is 37.4 Å². The first-order valence-corrected chi connectivity index (χ1v) is 8.40. The number of amides is 2. The Bertz CT molecular complexity index is 864. The number of carbonyl (C=O) groups is 2. The van der Waals surface area contributed by atoms with Crippen molar-refractivity contribution in [1.82, 2.24) is 10.4 Å². The van der Waals surface area contributed by atoms with Gasteiger partial charge in [0.2, 0.25) is 0 Å². The molecular formula is C17H15F3N2O5S. The van der Waals surface area contributed by atoms with E-state index >= 15 is 0 Å².